The number of carbonyl (C=O) groups excluding carboxylic acids is 1. The summed E-state index contributed by atoms with van der Waals surface area (Å²) in [4.78, 5) is 25.3. The Morgan fingerprint density at radius 1 is 1.29 bits per heavy atom. The molecule has 2 aliphatic rings. The van der Waals surface area contributed by atoms with Crippen LogP contribution in [-0.2, 0) is 26.0 Å². The van der Waals surface area contributed by atoms with Gasteiger partial charge in [-0.05, 0) is 12.0 Å². The summed E-state index contributed by atoms with van der Waals surface area (Å²) < 4.78 is 28.9. The molecule has 3 rings (SSSR count). The Hall–Kier alpha value is -2.09. The van der Waals surface area contributed by atoms with Crippen LogP contribution in [0.1, 0.15) is 12.0 Å². The number of amides is 1. The van der Waals surface area contributed by atoms with Gasteiger partial charge in [0.2, 0.25) is 0 Å². The predicted octanol–water partition coefficient (Wildman–Crippen LogP) is 1.14. The number of aliphatic carboxylic acids is 1. The highest BCUT2D eigenvalue weighted by Gasteiger charge is 2.57. The normalized spacial score (nSPS) is 28.2. The molecule has 1 N–H and O–H groups in total. The smallest absolute Gasteiger partial charge is 0.410 e. The Balaban J connectivity index is 1.70. The number of carboxylic acid groups (broad SMARTS) is 1. The lowest BCUT2D eigenvalue weighted by Gasteiger charge is -2.33. The molecule has 8 heteroatoms. The summed E-state index contributed by atoms with van der Waals surface area (Å²) in [6, 6.07) is 9.16. The average molecular weight is 353 g/mol. The van der Waals surface area contributed by atoms with E-state index in [0.717, 1.165) is 5.56 Å². The zero-order valence-electron chi connectivity index (χ0n) is 13.1. The van der Waals surface area contributed by atoms with E-state index in [1.807, 2.05) is 30.3 Å². The average Bonchev–Trinajstić information content (AvgIpc) is 2.92. The largest absolute Gasteiger partial charge is 0.481 e. The molecule has 0 radical (unpaired) electrons. The lowest BCUT2D eigenvalue weighted by molar-refractivity contribution is -0.150. The number of carbonyl (C=O) groups is 2. The molecule has 2 saturated heterocycles. The monoisotopic (exact) mass is 353 g/mol. The first-order chi connectivity index (χ1) is 11.3. The van der Waals surface area contributed by atoms with Gasteiger partial charge >= 0.3 is 12.1 Å². The molecule has 0 aliphatic carbocycles. The first-order valence-electron chi connectivity index (χ1n) is 7.72. The van der Waals surface area contributed by atoms with E-state index in [1.54, 1.807) is 0 Å². The SMILES string of the molecule is O=C(OCc1ccccc1)N1C[C@H]2CS(=O)(=O)CC[C@@]2(C(=O)O)C1. The Kier molecular flexibility index (Phi) is 4.25. The van der Waals surface area contributed by atoms with Gasteiger partial charge in [0.25, 0.3) is 0 Å². The van der Waals surface area contributed by atoms with E-state index in [4.69, 9.17) is 4.74 Å². The van der Waals surface area contributed by atoms with Crippen LogP contribution < -0.4 is 0 Å². The van der Waals surface area contributed by atoms with Crippen molar-refractivity contribution in [2.75, 3.05) is 24.6 Å². The van der Waals surface area contributed by atoms with Gasteiger partial charge in [-0.2, -0.15) is 0 Å². The van der Waals surface area contributed by atoms with Gasteiger partial charge in [0.05, 0.1) is 16.9 Å². The fourth-order valence-corrected chi connectivity index (χ4v) is 5.38. The Labute approximate surface area is 140 Å². The minimum atomic E-state index is -3.26. The maximum absolute atomic E-state index is 12.2. The summed E-state index contributed by atoms with van der Waals surface area (Å²) in [5, 5.41) is 9.60. The second-order valence-corrected chi connectivity index (χ2v) is 8.67. The molecule has 2 atom stereocenters. The molecular weight excluding hydrogens is 334 g/mol. The number of hydrogen-bond donors (Lipinski definition) is 1. The molecule has 1 aromatic carbocycles. The number of hydrogen-bond acceptors (Lipinski definition) is 5. The van der Waals surface area contributed by atoms with Crippen molar-refractivity contribution in [2.24, 2.45) is 11.3 Å². The summed E-state index contributed by atoms with van der Waals surface area (Å²) >= 11 is 0. The van der Waals surface area contributed by atoms with E-state index in [9.17, 15) is 23.1 Å². The fourth-order valence-electron chi connectivity index (χ4n) is 3.50. The second kappa shape index (κ2) is 6.08. The fraction of sp³-hybridized carbons (Fsp3) is 0.500. The number of fused-ring (bicyclic) bond motifs is 1. The number of rotatable bonds is 3. The molecule has 0 aromatic heterocycles. The maximum Gasteiger partial charge on any atom is 0.410 e. The van der Waals surface area contributed by atoms with Gasteiger partial charge in [0.15, 0.2) is 9.84 Å². The molecule has 0 unspecified atom stereocenters. The standard InChI is InChI=1S/C16H19NO6S/c18-14(19)16-6-7-24(21,22)10-13(16)8-17(11-16)15(20)23-9-12-4-2-1-3-5-12/h1-5,13H,6-11H2,(H,18,19)/t13-,16+/m0/s1. The number of ether oxygens (including phenoxy) is 1. The molecule has 7 nitrogen and oxygen atoms in total. The molecule has 2 fully saturated rings. The van der Waals surface area contributed by atoms with Crippen molar-refractivity contribution in [2.45, 2.75) is 13.0 Å². The molecule has 24 heavy (non-hydrogen) atoms. The van der Waals surface area contributed by atoms with Crippen molar-refractivity contribution in [3.63, 3.8) is 0 Å². The lowest BCUT2D eigenvalue weighted by atomic mass is 9.76. The maximum atomic E-state index is 12.2. The molecular formula is C16H19NO6S. The third-order valence-corrected chi connectivity index (χ3v) is 6.64. The van der Waals surface area contributed by atoms with Gasteiger partial charge < -0.3 is 14.7 Å². The van der Waals surface area contributed by atoms with Crippen molar-refractivity contribution >= 4 is 21.9 Å². The number of benzene rings is 1. The molecule has 130 valence electrons. The van der Waals surface area contributed by atoms with E-state index in [2.05, 4.69) is 0 Å². The molecule has 2 aliphatic heterocycles. The zero-order valence-corrected chi connectivity index (χ0v) is 13.9. The number of sulfone groups is 1. The molecule has 1 amide bonds. The summed E-state index contributed by atoms with van der Waals surface area (Å²) in [6.45, 7) is 0.189. The number of nitrogens with zero attached hydrogens (tertiary/aromatic N) is 1. The van der Waals surface area contributed by atoms with E-state index in [0.29, 0.717) is 0 Å². The quantitative estimate of drug-likeness (QED) is 0.875. The van der Waals surface area contributed by atoms with E-state index < -0.39 is 33.2 Å². The van der Waals surface area contributed by atoms with Crippen molar-refractivity contribution in [3.8, 4) is 0 Å². The summed E-state index contributed by atoms with van der Waals surface area (Å²) in [6.07, 6.45) is -0.566. The molecule has 0 bridgehead atoms. The van der Waals surface area contributed by atoms with Crippen LogP contribution >= 0.6 is 0 Å². The highest BCUT2D eigenvalue weighted by molar-refractivity contribution is 7.91. The van der Waals surface area contributed by atoms with Crippen LogP contribution in [0.5, 0.6) is 0 Å². The molecule has 2 heterocycles. The summed E-state index contributed by atoms with van der Waals surface area (Å²) in [5.41, 5.74) is -0.352. The van der Waals surface area contributed by atoms with Gasteiger partial charge in [-0.25, -0.2) is 13.2 Å². The van der Waals surface area contributed by atoms with Crippen molar-refractivity contribution in [1.29, 1.82) is 0 Å². The van der Waals surface area contributed by atoms with Crippen LogP contribution in [-0.4, -0.2) is 55.1 Å². The highest BCUT2D eigenvalue weighted by atomic mass is 32.2. The van der Waals surface area contributed by atoms with Crippen LogP contribution in [0.15, 0.2) is 30.3 Å². The zero-order chi connectivity index (χ0) is 17.4. The van der Waals surface area contributed by atoms with Crippen LogP contribution in [0.4, 0.5) is 4.79 Å². The Morgan fingerprint density at radius 2 is 2.00 bits per heavy atom. The van der Waals surface area contributed by atoms with Gasteiger partial charge in [0.1, 0.15) is 6.61 Å². The van der Waals surface area contributed by atoms with Gasteiger partial charge in [-0.3, -0.25) is 4.79 Å². The minimum absolute atomic E-state index is 0.00383. The molecule has 0 saturated carbocycles. The molecule has 1 aromatic rings. The predicted molar refractivity (Wildman–Crippen MR) is 85.0 cm³/mol. The first-order valence-corrected chi connectivity index (χ1v) is 9.54. The summed E-state index contributed by atoms with van der Waals surface area (Å²) in [5.74, 6) is -1.97. The first kappa shape index (κ1) is 16.8. The number of likely N-dealkylation sites (tertiary alicyclic amines) is 1. The van der Waals surface area contributed by atoms with Crippen LogP contribution in [0.2, 0.25) is 0 Å². The van der Waals surface area contributed by atoms with E-state index >= 15 is 0 Å². The van der Waals surface area contributed by atoms with Crippen LogP contribution in [0.25, 0.3) is 0 Å². The topological polar surface area (TPSA) is 101 Å². The Morgan fingerprint density at radius 3 is 2.67 bits per heavy atom. The van der Waals surface area contributed by atoms with E-state index in [-0.39, 0.29) is 37.6 Å². The lowest BCUT2D eigenvalue weighted by Crippen LogP contribution is -2.47. The molecule has 0 spiro atoms. The van der Waals surface area contributed by atoms with E-state index in [1.165, 1.54) is 4.90 Å². The summed E-state index contributed by atoms with van der Waals surface area (Å²) in [7, 11) is -3.26. The van der Waals surface area contributed by atoms with Crippen molar-refractivity contribution in [3.05, 3.63) is 35.9 Å². The third kappa shape index (κ3) is 3.10. The second-order valence-electron chi connectivity index (χ2n) is 6.44. The number of carboxylic acids is 1. The Bertz CT molecular complexity index is 747. The van der Waals surface area contributed by atoms with Crippen LogP contribution in [0.3, 0.4) is 0 Å². The highest BCUT2D eigenvalue weighted by Crippen LogP contribution is 2.44. The third-order valence-electron chi connectivity index (χ3n) is 4.90. The van der Waals surface area contributed by atoms with Gasteiger partial charge in [-0.1, -0.05) is 30.3 Å². The van der Waals surface area contributed by atoms with Gasteiger partial charge in [0, 0.05) is 19.0 Å². The minimum Gasteiger partial charge on any atom is -0.481 e. The van der Waals surface area contributed by atoms with Gasteiger partial charge in [-0.15, -0.1) is 0 Å². The van der Waals surface area contributed by atoms with Crippen molar-refractivity contribution in [1.82, 2.24) is 4.90 Å². The van der Waals surface area contributed by atoms with Crippen molar-refractivity contribution < 1.29 is 27.9 Å². The van der Waals surface area contributed by atoms with Crippen LogP contribution in [0, 0.1) is 11.3 Å².